The second-order valence-corrected chi connectivity index (χ2v) is 6.80. The zero-order valence-corrected chi connectivity index (χ0v) is 15.1. The summed E-state index contributed by atoms with van der Waals surface area (Å²) in [7, 11) is 0. The number of rotatable bonds is 4. The molecule has 0 atom stereocenters. The van der Waals surface area contributed by atoms with Crippen molar-refractivity contribution in [3.63, 3.8) is 0 Å². The first-order chi connectivity index (χ1) is 13.8. The highest BCUT2D eigenvalue weighted by Crippen LogP contribution is 2.27. The Labute approximate surface area is 161 Å². The van der Waals surface area contributed by atoms with Crippen molar-refractivity contribution >= 4 is 33.2 Å². The van der Waals surface area contributed by atoms with Gasteiger partial charge in [-0.3, -0.25) is 0 Å². The third kappa shape index (κ3) is 3.05. The summed E-state index contributed by atoms with van der Waals surface area (Å²) in [4.78, 5) is 11.9. The number of benzene rings is 3. The van der Waals surface area contributed by atoms with Gasteiger partial charge in [-0.2, -0.15) is 0 Å². The van der Waals surface area contributed by atoms with Crippen LogP contribution >= 0.6 is 0 Å². The van der Waals surface area contributed by atoms with Gasteiger partial charge in [0.2, 0.25) is 0 Å². The van der Waals surface area contributed by atoms with Gasteiger partial charge in [0.05, 0.1) is 5.69 Å². The van der Waals surface area contributed by atoms with Crippen LogP contribution in [0.4, 0.5) is 11.4 Å². The molecule has 136 valence electrons. The quantitative estimate of drug-likeness (QED) is 0.425. The maximum Gasteiger partial charge on any atom is 0.338 e. The molecule has 0 aliphatic heterocycles. The zero-order chi connectivity index (χ0) is 18.9. The van der Waals surface area contributed by atoms with Crippen molar-refractivity contribution < 1.29 is 4.42 Å². The molecule has 1 N–H and O–H groups in total. The molecule has 28 heavy (non-hydrogen) atoms. The van der Waals surface area contributed by atoms with Crippen molar-refractivity contribution in [1.29, 1.82) is 0 Å². The second kappa shape index (κ2) is 6.74. The number of anilines is 2. The van der Waals surface area contributed by atoms with Gasteiger partial charge in [0, 0.05) is 40.8 Å². The van der Waals surface area contributed by atoms with E-state index in [1.807, 2.05) is 30.3 Å². The average molecular weight is 366 g/mol. The number of fused-ring (bicyclic) bond motifs is 2. The van der Waals surface area contributed by atoms with E-state index in [1.54, 1.807) is 6.07 Å². The van der Waals surface area contributed by atoms with Crippen LogP contribution < -0.4 is 10.9 Å². The van der Waals surface area contributed by atoms with Gasteiger partial charge in [-0.05, 0) is 42.0 Å². The standard InChI is InChI=1S/C24H18N2O2/c27-24-15-21(20-8-4-5-9-23(20)28-24)25-19-10-11-22-18(14-19)12-13-26(22)16-17-6-2-1-3-7-17/h1-15,25H,16H2. The van der Waals surface area contributed by atoms with E-state index in [-0.39, 0.29) is 5.63 Å². The molecule has 5 aromatic rings. The minimum atomic E-state index is -0.365. The summed E-state index contributed by atoms with van der Waals surface area (Å²) in [5.41, 5.74) is 4.33. The van der Waals surface area contributed by atoms with Gasteiger partial charge in [-0.25, -0.2) is 4.79 Å². The zero-order valence-electron chi connectivity index (χ0n) is 15.1. The Kier molecular flexibility index (Phi) is 3.95. The molecule has 0 spiro atoms. The summed E-state index contributed by atoms with van der Waals surface area (Å²) in [5.74, 6) is 0. The molecule has 0 amide bonds. The first-order valence-electron chi connectivity index (χ1n) is 9.19. The van der Waals surface area contributed by atoms with E-state index in [4.69, 9.17) is 4.42 Å². The Morgan fingerprint density at radius 3 is 2.57 bits per heavy atom. The lowest BCUT2D eigenvalue weighted by Gasteiger charge is -2.10. The normalized spacial score (nSPS) is 11.1. The Morgan fingerprint density at radius 1 is 0.857 bits per heavy atom. The highest BCUT2D eigenvalue weighted by atomic mass is 16.4. The minimum absolute atomic E-state index is 0.365. The molecule has 3 aromatic carbocycles. The number of nitrogens with zero attached hydrogens (tertiary/aromatic N) is 1. The van der Waals surface area contributed by atoms with E-state index in [2.05, 4.69) is 58.5 Å². The maximum absolute atomic E-state index is 11.9. The number of aromatic nitrogens is 1. The van der Waals surface area contributed by atoms with Crippen LogP contribution in [0, 0.1) is 0 Å². The molecule has 0 aliphatic carbocycles. The van der Waals surface area contributed by atoms with Gasteiger partial charge in [0.1, 0.15) is 5.58 Å². The van der Waals surface area contributed by atoms with Gasteiger partial charge in [0.15, 0.2) is 0 Å². The van der Waals surface area contributed by atoms with Crippen LogP contribution in [-0.4, -0.2) is 4.57 Å². The van der Waals surface area contributed by atoms with Crippen LogP contribution in [0.5, 0.6) is 0 Å². The molecule has 0 fully saturated rings. The van der Waals surface area contributed by atoms with Gasteiger partial charge < -0.3 is 14.3 Å². The van der Waals surface area contributed by atoms with Crippen LogP contribution in [0.1, 0.15) is 5.56 Å². The number of hydrogen-bond acceptors (Lipinski definition) is 3. The van der Waals surface area contributed by atoms with E-state index < -0.39 is 0 Å². The SMILES string of the molecule is O=c1cc(Nc2ccc3c(ccn3Cc3ccccc3)c2)c2ccccc2o1. The molecular weight excluding hydrogens is 348 g/mol. The van der Waals surface area contributed by atoms with Gasteiger partial charge in [0.25, 0.3) is 0 Å². The molecule has 5 rings (SSSR count). The molecule has 4 heteroatoms. The monoisotopic (exact) mass is 366 g/mol. The predicted molar refractivity (Wildman–Crippen MR) is 113 cm³/mol. The summed E-state index contributed by atoms with van der Waals surface area (Å²) < 4.78 is 7.51. The van der Waals surface area contributed by atoms with Crippen LogP contribution in [0.25, 0.3) is 21.9 Å². The molecule has 0 saturated heterocycles. The van der Waals surface area contributed by atoms with E-state index in [1.165, 1.54) is 17.1 Å². The molecule has 4 nitrogen and oxygen atoms in total. The van der Waals surface area contributed by atoms with E-state index in [0.29, 0.717) is 5.58 Å². The van der Waals surface area contributed by atoms with Gasteiger partial charge in [-0.1, -0.05) is 42.5 Å². The Hall–Kier alpha value is -3.79. The largest absolute Gasteiger partial charge is 0.423 e. The van der Waals surface area contributed by atoms with Crippen molar-refractivity contribution in [1.82, 2.24) is 4.57 Å². The van der Waals surface area contributed by atoms with Crippen molar-refractivity contribution in [3.8, 4) is 0 Å². The van der Waals surface area contributed by atoms with Gasteiger partial charge in [-0.15, -0.1) is 0 Å². The molecule has 0 aliphatic rings. The van der Waals surface area contributed by atoms with E-state index in [0.717, 1.165) is 28.7 Å². The molecule has 0 unspecified atom stereocenters. The Bertz CT molecular complexity index is 1330. The molecule has 0 radical (unpaired) electrons. The van der Waals surface area contributed by atoms with E-state index >= 15 is 0 Å². The Morgan fingerprint density at radius 2 is 1.68 bits per heavy atom. The van der Waals surface area contributed by atoms with Crippen molar-refractivity contribution in [2.75, 3.05) is 5.32 Å². The van der Waals surface area contributed by atoms with Crippen LogP contribution in [-0.2, 0) is 6.54 Å². The fraction of sp³-hybridized carbons (Fsp3) is 0.0417. The van der Waals surface area contributed by atoms with Crippen LogP contribution in [0.3, 0.4) is 0 Å². The lowest BCUT2D eigenvalue weighted by atomic mass is 10.2. The van der Waals surface area contributed by atoms with Gasteiger partial charge >= 0.3 is 5.63 Å². The van der Waals surface area contributed by atoms with Crippen molar-refractivity contribution in [2.24, 2.45) is 0 Å². The maximum atomic E-state index is 11.9. The third-order valence-corrected chi connectivity index (χ3v) is 4.90. The smallest absolute Gasteiger partial charge is 0.338 e. The van der Waals surface area contributed by atoms with Crippen LogP contribution in [0.2, 0.25) is 0 Å². The fourth-order valence-corrected chi connectivity index (χ4v) is 3.57. The summed E-state index contributed by atoms with van der Waals surface area (Å²) in [6, 6.07) is 27.8. The number of nitrogens with one attached hydrogen (secondary N) is 1. The molecule has 0 saturated carbocycles. The molecule has 0 bridgehead atoms. The summed E-state index contributed by atoms with van der Waals surface area (Å²) >= 11 is 0. The highest BCUT2D eigenvalue weighted by Gasteiger charge is 2.07. The van der Waals surface area contributed by atoms with Crippen molar-refractivity contribution in [3.05, 3.63) is 107 Å². The molecule has 2 heterocycles. The lowest BCUT2D eigenvalue weighted by Crippen LogP contribution is -2.01. The van der Waals surface area contributed by atoms with Crippen LogP contribution in [0.15, 0.2) is 100 Å². The lowest BCUT2D eigenvalue weighted by molar-refractivity contribution is 0.561. The van der Waals surface area contributed by atoms with E-state index in [9.17, 15) is 4.79 Å². The number of para-hydroxylation sites is 1. The Balaban J connectivity index is 1.49. The molecule has 2 aromatic heterocycles. The summed E-state index contributed by atoms with van der Waals surface area (Å²) in [5, 5.41) is 5.39. The summed E-state index contributed by atoms with van der Waals surface area (Å²) in [6.45, 7) is 0.835. The predicted octanol–water partition coefficient (Wildman–Crippen LogP) is 5.54. The summed E-state index contributed by atoms with van der Waals surface area (Å²) in [6.07, 6.45) is 2.11. The fourth-order valence-electron chi connectivity index (χ4n) is 3.57. The first-order valence-corrected chi connectivity index (χ1v) is 9.19. The molecular formula is C24H18N2O2. The van der Waals surface area contributed by atoms with Crippen molar-refractivity contribution in [2.45, 2.75) is 6.54 Å². The number of hydrogen-bond donors (Lipinski definition) is 1. The topological polar surface area (TPSA) is 47.2 Å². The highest BCUT2D eigenvalue weighted by molar-refractivity contribution is 5.93. The minimum Gasteiger partial charge on any atom is -0.423 e. The third-order valence-electron chi connectivity index (χ3n) is 4.90. The first kappa shape index (κ1) is 16.4. The average Bonchev–Trinajstić information content (AvgIpc) is 3.11. The second-order valence-electron chi connectivity index (χ2n) is 6.80.